The van der Waals surface area contributed by atoms with Gasteiger partial charge in [0.2, 0.25) is 0 Å². The Morgan fingerprint density at radius 3 is 2.67 bits per heavy atom. The number of hydrogen-bond acceptors (Lipinski definition) is 3. The molecule has 1 aliphatic carbocycles. The average Bonchev–Trinajstić information content (AvgIpc) is 2.91. The number of hydrogen-bond donors (Lipinski definition) is 1. The van der Waals surface area contributed by atoms with Crippen molar-refractivity contribution in [2.24, 2.45) is 0 Å². The molecule has 1 atom stereocenters. The van der Waals surface area contributed by atoms with E-state index in [1.807, 2.05) is 0 Å². The van der Waals surface area contributed by atoms with Crippen molar-refractivity contribution in [1.29, 1.82) is 0 Å². The van der Waals surface area contributed by atoms with E-state index in [0.29, 0.717) is 6.10 Å². The molecule has 0 spiro atoms. The van der Waals surface area contributed by atoms with Crippen molar-refractivity contribution in [2.75, 3.05) is 13.1 Å². The highest BCUT2D eigenvalue weighted by molar-refractivity contribution is 5.33. The zero-order valence-corrected chi connectivity index (χ0v) is 12.8. The molecule has 3 heteroatoms. The number of aliphatic hydroxyl groups excluding tert-OH is 1. The van der Waals surface area contributed by atoms with Gasteiger partial charge in [0.25, 0.3) is 0 Å². The molecule has 0 radical (unpaired) electrons. The van der Waals surface area contributed by atoms with Crippen LogP contribution in [0.5, 0.6) is 5.75 Å². The van der Waals surface area contributed by atoms with Crippen LogP contribution in [0.4, 0.5) is 0 Å². The third-order valence-corrected chi connectivity index (χ3v) is 4.75. The van der Waals surface area contributed by atoms with Gasteiger partial charge in [-0.3, -0.25) is 4.90 Å². The van der Waals surface area contributed by atoms with Crippen LogP contribution in [0.2, 0.25) is 0 Å². The van der Waals surface area contributed by atoms with Crippen LogP contribution in [0.1, 0.15) is 50.5 Å². The van der Waals surface area contributed by atoms with Crippen LogP contribution in [0.3, 0.4) is 0 Å². The lowest BCUT2D eigenvalue weighted by atomic mass is 10.1. The molecule has 1 unspecified atom stereocenters. The highest BCUT2D eigenvalue weighted by atomic mass is 16.5. The standard InChI is InChI=1S/C18H27NO2/c20-16-7-5-12-19(13-11-16)14-15-6-1-4-10-18(15)21-17-8-2-3-9-17/h1,4,6,10,16-17,20H,2-3,5,7-9,11-14H2. The summed E-state index contributed by atoms with van der Waals surface area (Å²) < 4.78 is 6.22. The van der Waals surface area contributed by atoms with Crippen LogP contribution in [0, 0.1) is 0 Å². The van der Waals surface area contributed by atoms with Crippen molar-refractivity contribution in [2.45, 2.75) is 63.7 Å². The molecule has 3 nitrogen and oxygen atoms in total. The normalized spacial score (nSPS) is 24.9. The Morgan fingerprint density at radius 2 is 1.81 bits per heavy atom. The van der Waals surface area contributed by atoms with Crippen molar-refractivity contribution in [3.63, 3.8) is 0 Å². The fourth-order valence-electron chi connectivity index (χ4n) is 3.47. The first-order chi connectivity index (χ1) is 10.3. The predicted octanol–water partition coefficient (Wildman–Crippen LogP) is 3.35. The lowest BCUT2D eigenvalue weighted by molar-refractivity contribution is 0.154. The molecule has 3 rings (SSSR count). The summed E-state index contributed by atoms with van der Waals surface area (Å²) in [6.07, 6.45) is 8.23. The molecule has 1 N–H and O–H groups in total. The van der Waals surface area contributed by atoms with Gasteiger partial charge in [0, 0.05) is 18.7 Å². The molecule has 21 heavy (non-hydrogen) atoms. The third kappa shape index (κ3) is 4.21. The number of benzene rings is 1. The van der Waals surface area contributed by atoms with E-state index < -0.39 is 0 Å². The van der Waals surface area contributed by atoms with E-state index in [2.05, 4.69) is 29.2 Å². The summed E-state index contributed by atoms with van der Waals surface area (Å²) in [6, 6.07) is 8.47. The Kier molecular flexibility index (Phi) is 5.15. The largest absolute Gasteiger partial charge is 0.490 e. The maximum absolute atomic E-state index is 9.77. The SMILES string of the molecule is OC1CCCN(Cc2ccccc2OC2CCCC2)CC1. The Labute approximate surface area is 127 Å². The smallest absolute Gasteiger partial charge is 0.124 e. The molecule has 0 aromatic heterocycles. The molecule has 0 amide bonds. The first-order valence-corrected chi connectivity index (χ1v) is 8.46. The van der Waals surface area contributed by atoms with Gasteiger partial charge in [-0.2, -0.15) is 0 Å². The summed E-state index contributed by atoms with van der Waals surface area (Å²) in [6.45, 7) is 3.00. The summed E-state index contributed by atoms with van der Waals surface area (Å²) in [4.78, 5) is 2.45. The molecule has 1 saturated carbocycles. The van der Waals surface area contributed by atoms with Crippen LogP contribution in [0.25, 0.3) is 0 Å². The molecule has 1 saturated heterocycles. The zero-order chi connectivity index (χ0) is 14.5. The molecular weight excluding hydrogens is 262 g/mol. The highest BCUT2D eigenvalue weighted by Crippen LogP contribution is 2.27. The number of rotatable bonds is 4. The molecule has 0 bridgehead atoms. The van der Waals surface area contributed by atoms with Gasteiger partial charge in [0.05, 0.1) is 12.2 Å². The minimum Gasteiger partial charge on any atom is -0.490 e. The molecule has 1 aliphatic heterocycles. The first kappa shape index (κ1) is 14.9. The third-order valence-electron chi connectivity index (χ3n) is 4.75. The van der Waals surface area contributed by atoms with Gasteiger partial charge in [0.15, 0.2) is 0 Å². The lowest BCUT2D eigenvalue weighted by Gasteiger charge is -2.23. The number of ether oxygens (including phenoxy) is 1. The zero-order valence-electron chi connectivity index (χ0n) is 12.8. The minimum atomic E-state index is -0.111. The molecular formula is C18H27NO2. The van der Waals surface area contributed by atoms with Crippen LogP contribution >= 0.6 is 0 Å². The van der Waals surface area contributed by atoms with E-state index in [9.17, 15) is 5.11 Å². The van der Waals surface area contributed by atoms with Crippen molar-refractivity contribution in [3.8, 4) is 5.75 Å². The maximum Gasteiger partial charge on any atom is 0.124 e. The Morgan fingerprint density at radius 1 is 1.00 bits per heavy atom. The second-order valence-electron chi connectivity index (χ2n) is 6.49. The molecule has 2 fully saturated rings. The van der Waals surface area contributed by atoms with Crippen LogP contribution in [-0.4, -0.2) is 35.3 Å². The predicted molar refractivity (Wildman–Crippen MR) is 84.5 cm³/mol. The first-order valence-electron chi connectivity index (χ1n) is 8.46. The van der Waals surface area contributed by atoms with E-state index in [-0.39, 0.29) is 6.10 Å². The van der Waals surface area contributed by atoms with Crippen molar-refractivity contribution < 1.29 is 9.84 Å². The van der Waals surface area contributed by atoms with E-state index in [1.165, 1.54) is 31.2 Å². The number of para-hydroxylation sites is 1. The van der Waals surface area contributed by atoms with E-state index in [4.69, 9.17) is 4.74 Å². The summed E-state index contributed by atoms with van der Waals surface area (Å²) in [5.74, 6) is 1.06. The van der Waals surface area contributed by atoms with Gasteiger partial charge in [-0.25, -0.2) is 0 Å². The summed E-state index contributed by atoms with van der Waals surface area (Å²) in [5, 5.41) is 9.77. The van der Waals surface area contributed by atoms with Crippen LogP contribution in [0.15, 0.2) is 24.3 Å². The summed E-state index contributed by atoms with van der Waals surface area (Å²) >= 11 is 0. The number of likely N-dealkylation sites (tertiary alicyclic amines) is 1. The Hall–Kier alpha value is -1.06. The molecule has 2 aliphatic rings. The molecule has 1 aromatic rings. The quantitative estimate of drug-likeness (QED) is 0.922. The van der Waals surface area contributed by atoms with Crippen molar-refractivity contribution >= 4 is 0 Å². The Balaban J connectivity index is 1.63. The average molecular weight is 289 g/mol. The van der Waals surface area contributed by atoms with Crippen LogP contribution < -0.4 is 4.74 Å². The highest BCUT2D eigenvalue weighted by Gasteiger charge is 2.19. The van der Waals surface area contributed by atoms with E-state index in [0.717, 1.165) is 44.6 Å². The van der Waals surface area contributed by atoms with E-state index >= 15 is 0 Å². The monoisotopic (exact) mass is 289 g/mol. The Bertz CT molecular complexity index is 443. The molecule has 116 valence electrons. The summed E-state index contributed by atoms with van der Waals surface area (Å²) in [7, 11) is 0. The van der Waals surface area contributed by atoms with Gasteiger partial charge in [-0.05, 0) is 57.6 Å². The number of aliphatic hydroxyl groups is 1. The van der Waals surface area contributed by atoms with Crippen LogP contribution in [-0.2, 0) is 6.54 Å². The van der Waals surface area contributed by atoms with E-state index in [1.54, 1.807) is 0 Å². The molecule has 1 aromatic carbocycles. The minimum absolute atomic E-state index is 0.111. The van der Waals surface area contributed by atoms with Gasteiger partial charge in [-0.15, -0.1) is 0 Å². The second-order valence-corrected chi connectivity index (χ2v) is 6.49. The van der Waals surface area contributed by atoms with Gasteiger partial charge >= 0.3 is 0 Å². The van der Waals surface area contributed by atoms with Gasteiger partial charge in [0.1, 0.15) is 5.75 Å². The fraction of sp³-hybridized carbons (Fsp3) is 0.667. The molecule has 1 heterocycles. The maximum atomic E-state index is 9.77. The topological polar surface area (TPSA) is 32.7 Å². The van der Waals surface area contributed by atoms with Gasteiger partial charge < -0.3 is 9.84 Å². The fourth-order valence-corrected chi connectivity index (χ4v) is 3.47. The van der Waals surface area contributed by atoms with Gasteiger partial charge in [-0.1, -0.05) is 18.2 Å². The van der Waals surface area contributed by atoms with Crippen molar-refractivity contribution in [3.05, 3.63) is 29.8 Å². The lowest BCUT2D eigenvalue weighted by Crippen LogP contribution is -2.25. The van der Waals surface area contributed by atoms with Crippen molar-refractivity contribution in [1.82, 2.24) is 4.90 Å². The number of nitrogens with zero attached hydrogens (tertiary/aromatic N) is 1. The second kappa shape index (κ2) is 7.28. The summed E-state index contributed by atoms with van der Waals surface area (Å²) in [5.41, 5.74) is 1.29.